The molecule has 1 heterocycles. The van der Waals surface area contributed by atoms with Gasteiger partial charge in [0.1, 0.15) is 12.5 Å². The molecule has 1 aliphatic rings. The smallest absolute Gasteiger partial charge is 0.253 e. The van der Waals surface area contributed by atoms with E-state index in [0.29, 0.717) is 43.8 Å². The van der Waals surface area contributed by atoms with Crippen LogP contribution in [0.1, 0.15) is 43.1 Å². The maximum atomic E-state index is 13.7. The number of benzene rings is 1. The zero-order chi connectivity index (χ0) is 29.6. The van der Waals surface area contributed by atoms with E-state index < -0.39 is 39.9 Å². The Balaban J connectivity index is 2.06. The Kier molecular flexibility index (Phi) is 11.2. The van der Waals surface area contributed by atoms with E-state index in [9.17, 15) is 17.6 Å². The zero-order valence-corrected chi connectivity index (χ0v) is 25.4. The highest BCUT2D eigenvalue weighted by Gasteiger charge is 2.35. The second kappa shape index (κ2) is 13.9. The number of ether oxygens (including phenoxy) is 1. The Labute approximate surface area is 242 Å². The number of nitrogens with zero attached hydrogens (tertiary/aromatic N) is 3. The number of halogens is 2. The average molecular weight is 598 g/mol. The van der Waals surface area contributed by atoms with Crippen molar-refractivity contribution in [3.8, 4) is 0 Å². The van der Waals surface area contributed by atoms with E-state index in [1.165, 1.54) is 7.05 Å². The third kappa shape index (κ3) is 7.84. The maximum absolute atomic E-state index is 13.7. The van der Waals surface area contributed by atoms with Crippen molar-refractivity contribution < 1.29 is 22.3 Å². The van der Waals surface area contributed by atoms with Gasteiger partial charge in [-0.05, 0) is 50.2 Å². The summed E-state index contributed by atoms with van der Waals surface area (Å²) in [6.07, 6.45) is 1.38. The highest BCUT2D eigenvalue weighted by Crippen LogP contribution is 2.40. The molecule has 1 aromatic carbocycles. The van der Waals surface area contributed by atoms with E-state index in [1.54, 1.807) is 27.0 Å². The van der Waals surface area contributed by atoms with E-state index in [1.807, 2.05) is 35.2 Å². The van der Waals surface area contributed by atoms with Gasteiger partial charge in [0, 0.05) is 27.2 Å². The molecule has 0 radical (unpaired) electrons. The van der Waals surface area contributed by atoms with Crippen LogP contribution in [0.4, 0.5) is 16.0 Å². The first-order valence-corrected chi connectivity index (χ1v) is 15.4. The number of sulfonamides is 1. The van der Waals surface area contributed by atoms with Crippen molar-refractivity contribution in [1.82, 2.24) is 10.3 Å². The van der Waals surface area contributed by atoms with Crippen LogP contribution in [0.2, 0.25) is 5.02 Å². The van der Waals surface area contributed by atoms with Gasteiger partial charge in [-0.25, -0.2) is 17.8 Å². The molecule has 3 rings (SSSR count). The summed E-state index contributed by atoms with van der Waals surface area (Å²) in [5.74, 6) is 0.760. The van der Waals surface area contributed by atoms with E-state index >= 15 is 0 Å². The Morgan fingerprint density at radius 3 is 2.50 bits per heavy atom. The Hall–Kier alpha value is -2.47. The van der Waals surface area contributed by atoms with Crippen molar-refractivity contribution in [2.45, 2.75) is 50.9 Å². The molecular formula is C28H41ClFN5O4S. The summed E-state index contributed by atoms with van der Waals surface area (Å²) in [7, 11) is -0.845. The van der Waals surface area contributed by atoms with Crippen LogP contribution in [0.5, 0.6) is 0 Å². The van der Waals surface area contributed by atoms with Crippen molar-refractivity contribution in [2.75, 3.05) is 49.7 Å². The van der Waals surface area contributed by atoms with Gasteiger partial charge in [0.15, 0.2) is 5.82 Å². The van der Waals surface area contributed by atoms with E-state index in [4.69, 9.17) is 22.1 Å². The SMILES string of the molecule is COCCN(C[C@H]1C[C@@H]1C)c1cc(C(=O)N[C@@H](Cc2ccccc2)[C@@H](N)CF)c(Cl)c(N(C)S(=O)(=O)C(C)C)n1. The monoisotopic (exact) mass is 597 g/mol. The molecule has 12 heteroatoms. The van der Waals surface area contributed by atoms with Crippen molar-refractivity contribution in [2.24, 2.45) is 17.6 Å². The number of hydrogen-bond acceptors (Lipinski definition) is 7. The largest absolute Gasteiger partial charge is 0.383 e. The van der Waals surface area contributed by atoms with Gasteiger partial charge in [-0.3, -0.25) is 9.10 Å². The van der Waals surface area contributed by atoms with Gasteiger partial charge in [-0.15, -0.1) is 0 Å². The molecule has 4 atom stereocenters. The molecule has 1 amide bonds. The molecule has 9 nitrogen and oxygen atoms in total. The Morgan fingerprint density at radius 1 is 1.30 bits per heavy atom. The lowest BCUT2D eigenvalue weighted by molar-refractivity contribution is 0.0928. The zero-order valence-electron chi connectivity index (χ0n) is 23.8. The quantitative estimate of drug-likeness (QED) is 0.322. The van der Waals surface area contributed by atoms with Gasteiger partial charge in [-0.1, -0.05) is 48.9 Å². The number of hydrogen-bond donors (Lipinski definition) is 2. The van der Waals surface area contributed by atoms with Crippen LogP contribution in [0.3, 0.4) is 0 Å². The lowest BCUT2D eigenvalue weighted by atomic mass is 10.00. The number of rotatable bonds is 15. The molecule has 2 aromatic rings. The third-order valence-corrected chi connectivity index (χ3v) is 9.88. The Bertz CT molecular complexity index is 1250. The molecule has 1 aromatic heterocycles. The van der Waals surface area contributed by atoms with Crippen molar-refractivity contribution in [1.29, 1.82) is 0 Å². The Morgan fingerprint density at radius 2 is 1.95 bits per heavy atom. The summed E-state index contributed by atoms with van der Waals surface area (Å²) in [6, 6.07) is 9.19. The first kappa shape index (κ1) is 32.0. The minimum Gasteiger partial charge on any atom is -0.383 e. The van der Waals surface area contributed by atoms with Crippen molar-refractivity contribution in [3.05, 3.63) is 52.5 Å². The average Bonchev–Trinajstić information content (AvgIpc) is 3.64. The van der Waals surface area contributed by atoms with E-state index in [-0.39, 0.29) is 16.4 Å². The highest BCUT2D eigenvalue weighted by atomic mass is 35.5. The number of alkyl halides is 1. The predicted molar refractivity (Wildman–Crippen MR) is 158 cm³/mol. The fraction of sp³-hybridized carbons (Fsp3) is 0.571. The topological polar surface area (TPSA) is 118 Å². The molecule has 1 fully saturated rings. The molecule has 222 valence electrons. The number of amides is 1. The minimum absolute atomic E-state index is 0.0304. The number of anilines is 2. The number of nitrogens with two attached hydrogens (primary N) is 1. The normalized spacial score (nSPS) is 18.3. The fourth-order valence-corrected chi connectivity index (χ4v) is 5.81. The second-order valence-electron chi connectivity index (χ2n) is 10.7. The molecule has 1 aliphatic carbocycles. The van der Waals surface area contributed by atoms with E-state index in [0.717, 1.165) is 16.3 Å². The summed E-state index contributed by atoms with van der Waals surface area (Å²) in [4.78, 5) is 20.3. The van der Waals surface area contributed by atoms with Gasteiger partial charge in [0.25, 0.3) is 5.91 Å². The number of carbonyl (C=O) groups excluding carboxylic acids is 1. The molecule has 3 N–H and O–H groups in total. The van der Waals surface area contributed by atoms with Crippen LogP contribution in [0.25, 0.3) is 0 Å². The van der Waals surface area contributed by atoms with Gasteiger partial charge in [-0.2, -0.15) is 0 Å². The predicted octanol–water partition coefficient (Wildman–Crippen LogP) is 3.66. The van der Waals surface area contributed by atoms with Crippen molar-refractivity contribution in [3.63, 3.8) is 0 Å². The summed E-state index contributed by atoms with van der Waals surface area (Å²) in [5, 5.41) is 1.98. The van der Waals surface area contributed by atoms with Crippen LogP contribution in [0, 0.1) is 11.8 Å². The minimum atomic E-state index is -3.81. The van der Waals surface area contributed by atoms with Gasteiger partial charge < -0.3 is 20.7 Å². The summed E-state index contributed by atoms with van der Waals surface area (Å²) < 4.78 is 46.2. The number of aromatic nitrogens is 1. The van der Waals surface area contributed by atoms with Crippen LogP contribution in [0.15, 0.2) is 36.4 Å². The molecule has 1 saturated carbocycles. The summed E-state index contributed by atoms with van der Waals surface area (Å²) in [5.41, 5.74) is 6.97. The molecular weight excluding hydrogens is 557 g/mol. The lowest BCUT2D eigenvalue weighted by Crippen LogP contribution is -2.50. The number of nitrogens with one attached hydrogen (secondary N) is 1. The lowest BCUT2D eigenvalue weighted by Gasteiger charge is -2.29. The van der Waals surface area contributed by atoms with Crippen molar-refractivity contribution >= 4 is 39.2 Å². The first-order chi connectivity index (χ1) is 18.9. The molecule has 0 unspecified atom stereocenters. The van der Waals surface area contributed by atoms with Crippen LogP contribution >= 0.6 is 11.6 Å². The molecule has 0 bridgehead atoms. The van der Waals surface area contributed by atoms with Crippen LogP contribution in [-0.2, 0) is 21.2 Å². The number of carbonyl (C=O) groups is 1. The van der Waals surface area contributed by atoms with Gasteiger partial charge in [0.2, 0.25) is 10.0 Å². The van der Waals surface area contributed by atoms with Crippen LogP contribution < -0.4 is 20.3 Å². The molecule has 0 saturated heterocycles. The van der Waals surface area contributed by atoms with Gasteiger partial charge >= 0.3 is 0 Å². The van der Waals surface area contributed by atoms with Crippen LogP contribution in [-0.4, -0.2) is 77.2 Å². The molecule has 0 aliphatic heterocycles. The fourth-order valence-electron chi connectivity index (χ4n) is 4.44. The standard InChI is InChI=1S/C28H41ClFN5O4S/c1-18(2)40(37,38)34(4)27-26(29)22(15-25(33-27)35(11-12-39-5)17-21-13-19(21)3)28(36)32-24(23(31)16-30)14-20-9-7-6-8-10-20/h6-10,15,18-19,21,23-24H,11-14,16-17,31H2,1-5H3,(H,32,36)/t19-,21+,23-,24-/m0/s1. The molecule has 40 heavy (non-hydrogen) atoms. The third-order valence-electron chi connectivity index (χ3n) is 7.38. The highest BCUT2D eigenvalue weighted by molar-refractivity contribution is 7.93. The summed E-state index contributed by atoms with van der Waals surface area (Å²) >= 11 is 6.71. The first-order valence-electron chi connectivity index (χ1n) is 13.5. The maximum Gasteiger partial charge on any atom is 0.253 e. The number of pyridine rings is 1. The second-order valence-corrected chi connectivity index (χ2v) is 13.6. The number of methoxy groups -OCH3 is 1. The molecule has 0 spiro atoms. The van der Waals surface area contributed by atoms with Gasteiger partial charge in [0.05, 0.1) is 34.5 Å². The van der Waals surface area contributed by atoms with E-state index in [2.05, 4.69) is 17.2 Å². The summed E-state index contributed by atoms with van der Waals surface area (Å²) in [6.45, 7) is 6.02.